The van der Waals surface area contributed by atoms with Gasteiger partial charge < -0.3 is 4.74 Å². The molecule has 0 radical (unpaired) electrons. The molecule has 0 N–H and O–H groups in total. The first kappa shape index (κ1) is 15.5. The SMILES string of the molecule is CCOC(=O)C1(/C=C/CCN2C(=O)c3ccccc3C2=O)CC1. The Morgan fingerprint density at radius 2 is 1.83 bits per heavy atom. The average Bonchev–Trinajstić information content (AvgIpc) is 3.31. The Labute approximate surface area is 134 Å². The first-order valence-corrected chi connectivity index (χ1v) is 7.89. The maximum absolute atomic E-state index is 12.2. The number of carbonyl (C=O) groups is 3. The summed E-state index contributed by atoms with van der Waals surface area (Å²) in [6.45, 7) is 2.49. The van der Waals surface area contributed by atoms with E-state index in [2.05, 4.69) is 0 Å². The van der Waals surface area contributed by atoms with Crippen LogP contribution in [-0.4, -0.2) is 35.8 Å². The fourth-order valence-electron chi connectivity index (χ4n) is 2.80. The number of hydrogen-bond donors (Lipinski definition) is 0. The second-order valence-corrected chi connectivity index (χ2v) is 5.88. The Morgan fingerprint density at radius 3 is 2.35 bits per heavy atom. The highest BCUT2D eigenvalue weighted by Crippen LogP contribution is 2.48. The molecule has 0 bridgehead atoms. The molecule has 0 aromatic heterocycles. The highest BCUT2D eigenvalue weighted by atomic mass is 16.5. The van der Waals surface area contributed by atoms with Gasteiger partial charge in [-0.1, -0.05) is 24.3 Å². The fourth-order valence-corrected chi connectivity index (χ4v) is 2.80. The summed E-state index contributed by atoms with van der Waals surface area (Å²) in [5, 5.41) is 0. The van der Waals surface area contributed by atoms with Gasteiger partial charge >= 0.3 is 5.97 Å². The van der Waals surface area contributed by atoms with E-state index in [1.165, 1.54) is 4.90 Å². The van der Waals surface area contributed by atoms with Crippen LogP contribution in [0.3, 0.4) is 0 Å². The zero-order valence-electron chi connectivity index (χ0n) is 13.1. The molecule has 5 nitrogen and oxygen atoms in total. The molecule has 1 aromatic rings. The van der Waals surface area contributed by atoms with E-state index in [1.807, 2.05) is 12.2 Å². The molecule has 23 heavy (non-hydrogen) atoms. The summed E-state index contributed by atoms with van der Waals surface area (Å²) in [5.74, 6) is -0.673. The molecule has 5 heteroatoms. The second-order valence-electron chi connectivity index (χ2n) is 5.88. The minimum atomic E-state index is -0.474. The fraction of sp³-hybridized carbons (Fsp3) is 0.389. The third kappa shape index (κ3) is 2.79. The van der Waals surface area contributed by atoms with E-state index >= 15 is 0 Å². The molecule has 0 spiro atoms. The third-order valence-corrected chi connectivity index (χ3v) is 4.31. The Hall–Kier alpha value is -2.43. The van der Waals surface area contributed by atoms with Crippen LogP contribution in [0.15, 0.2) is 36.4 Å². The summed E-state index contributed by atoms with van der Waals surface area (Å²) < 4.78 is 5.07. The van der Waals surface area contributed by atoms with Crippen molar-refractivity contribution in [3.63, 3.8) is 0 Å². The van der Waals surface area contributed by atoms with E-state index in [0.29, 0.717) is 30.7 Å². The van der Waals surface area contributed by atoms with Crippen LogP contribution < -0.4 is 0 Å². The Morgan fingerprint density at radius 1 is 1.22 bits per heavy atom. The van der Waals surface area contributed by atoms with Crippen LogP contribution in [0.2, 0.25) is 0 Å². The number of fused-ring (bicyclic) bond motifs is 1. The molecular weight excluding hydrogens is 294 g/mol. The van der Waals surface area contributed by atoms with Gasteiger partial charge in [0.05, 0.1) is 23.1 Å². The van der Waals surface area contributed by atoms with Crippen molar-refractivity contribution in [2.24, 2.45) is 5.41 Å². The van der Waals surface area contributed by atoms with E-state index in [-0.39, 0.29) is 17.8 Å². The summed E-state index contributed by atoms with van der Waals surface area (Å²) in [6.07, 6.45) is 5.87. The van der Waals surface area contributed by atoms with Crippen molar-refractivity contribution >= 4 is 17.8 Å². The minimum Gasteiger partial charge on any atom is -0.465 e. The molecule has 1 aromatic carbocycles. The van der Waals surface area contributed by atoms with Gasteiger partial charge in [-0.3, -0.25) is 19.3 Å². The normalized spacial score (nSPS) is 18.4. The smallest absolute Gasteiger partial charge is 0.315 e. The predicted molar refractivity (Wildman–Crippen MR) is 83.9 cm³/mol. The van der Waals surface area contributed by atoms with Crippen molar-refractivity contribution < 1.29 is 19.1 Å². The number of benzene rings is 1. The first-order chi connectivity index (χ1) is 11.1. The summed E-state index contributed by atoms with van der Waals surface area (Å²) in [4.78, 5) is 37.5. The molecular formula is C18H19NO4. The molecule has 1 aliphatic heterocycles. The number of esters is 1. The van der Waals surface area contributed by atoms with Crippen LogP contribution in [0.25, 0.3) is 0 Å². The quantitative estimate of drug-likeness (QED) is 0.460. The highest BCUT2D eigenvalue weighted by Gasteiger charge is 2.48. The number of imide groups is 1. The van der Waals surface area contributed by atoms with Crippen LogP contribution in [0.5, 0.6) is 0 Å². The van der Waals surface area contributed by atoms with Gasteiger partial charge in [0.15, 0.2) is 0 Å². The maximum Gasteiger partial charge on any atom is 0.315 e. The van der Waals surface area contributed by atoms with Crippen molar-refractivity contribution in [2.75, 3.05) is 13.2 Å². The van der Waals surface area contributed by atoms with Crippen LogP contribution in [0, 0.1) is 5.41 Å². The summed E-state index contributed by atoms with van der Waals surface area (Å²) in [5.41, 5.74) is 0.455. The molecule has 1 saturated carbocycles. The number of nitrogens with zero attached hydrogens (tertiary/aromatic N) is 1. The third-order valence-electron chi connectivity index (χ3n) is 4.31. The molecule has 0 unspecified atom stereocenters. The van der Waals surface area contributed by atoms with Gasteiger partial charge in [-0.05, 0) is 38.3 Å². The highest BCUT2D eigenvalue weighted by molar-refractivity contribution is 6.21. The molecule has 1 heterocycles. The van der Waals surface area contributed by atoms with Gasteiger partial charge in [-0.15, -0.1) is 0 Å². The number of hydrogen-bond acceptors (Lipinski definition) is 4. The summed E-state index contributed by atoms with van der Waals surface area (Å²) in [7, 11) is 0. The molecule has 1 aliphatic carbocycles. The molecule has 1 fully saturated rings. The lowest BCUT2D eigenvalue weighted by Crippen LogP contribution is -2.30. The first-order valence-electron chi connectivity index (χ1n) is 7.89. The average molecular weight is 313 g/mol. The van der Waals surface area contributed by atoms with Gasteiger partial charge in [0.1, 0.15) is 0 Å². The maximum atomic E-state index is 12.2. The monoisotopic (exact) mass is 313 g/mol. The number of carbonyl (C=O) groups excluding carboxylic acids is 3. The van der Waals surface area contributed by atoms with Gasteiger partial charge in [-0.2, -0.15) is 0 Å². The molecule has 0 saturated heterocycles. The van der Waals surface area contributed by atoms with E-state index in [0.717, 1.165) is 12.8 Å². The molecule has 120 valence electrons. The van der Waals surface area contributed by atoms with Crippen molar-refractivity contribution in [3.05, 3.63) is 47.5 Å². The lowest BCUT2D eigenvalue weighted by atomic mass is 10.1. The van der Waals surface area contributed by atoms with Gasteiger partial charge in [0.2, 0.25) is 0 Å². The number of amides is 2. The summed E-state index contributed by atoms with van der Waals surface area (Å²) in [6, 6.07) is 6.85. The van der Waals surface area contributed by atoms with Crippen molar-refractivity contribution in [1.29, 1.82) is 0 Å². The van der Waals surface area contributed by atoms with E-state index in [1.54, 1.807) is 31.2 Å². The zero-order valence-corrected chi connectivity index (χ0v) is 13.1. The van der Waals surface area contributed by atoms with Crippen molar-refractivity contribution in [1.82, 2.24) is 4.90 Å². The molecule has 2 aliphatic rings. The summed E-state index contributed by atoms with van der Waals surface area (Å²) >= 11 is 0. The largest absolute Gasteiger partial charge is 0.465 e. The lowest BCUT2D eigenvalue weighted by molar-refractivity contribution is -0.147. The van der Waals surface area contributed by atoms with Gasteiger partial charge in [0, 0.05) is 6.54 Å². The topological polar surface area (TPSA) is 63.7 Å². The Balaban J connectivity index is 1.58. The van der Waals surface area contributed by atoms with Crippen molar-refractivity contribution in [2.45, 2.75) is 26.2 Å². The van der Waals surface area contributed by atoms with Gasteiger partial charge in [-0.25, -0.2) is 0 Å². The molecule has 0 atom stereocenters. The van der Waals surface area contributed by atoms with Crippen molar-refractivity contribution in [3.8, 4) is 0 Å². The van der Waals surface area contributed by atoms with Crippen LogP contribution in [0.1, 0.15) is 46.9 Å². The minimum absolute atomic E-state index is 0.183. The standard InChI is InChI=1S/C18H19NO4/c1-2-23-17(22)18(10-11-18)9-5-6-12-19-15(20)13-7-3-4-8-14(13)16(19)21/h3-5,7-9H,2,6,10-12H2,1H3/b9-5+. The van der Waals surface area contributed by atoms with E-state index in [4.69, 9.17) is 4.74 Å². The van der Waals surface area contributed by atoms with E-state index in [9.17, 15) is 14.4 Å². The van der Waals surface area contributed by atoms with E-state index < -0.39 is 5.41 Å². The van der Waals surface area contributed by atoms with Crippen LogP contribution in [-0.2, 0) is 9.53 Å². The number of rotatable bonds is 6. The van der Waals surface area contributed by atoms with Crippen LogP contribution in [0.4, 0.5) is 0 Å². The molecule has 2 amide bonds. The Kier molecular flexibility index (Phi) is 4.03. The van der Waals surface area contributed by atoms with Gasteiger partial charge in [0.25, 0.3) is 11.8 Å². The predicted octanol–water partition coefficient (Wildman–Crippen LogP) is 2.57. The number of ether oxygens (including phenoxy) is 1. The Bertz CT molecular complexity index is 653. The second kappa shape index (κ2) is 5.99. The zero-order chi connectivity index (χ0) is 16.4. The van der Waals surface area contributed by atoms with Crippen LogP contribution >= 0.6 is 0 Å². The lowest BCUT2D eigenvalue weighted by Gasteiger charge is -2.12. The molecule has 3 rings (SSSR count).